The lowest BCUT2D eigenvalue weighted by Crippen LogP contribution is -2.48. The molecular formula is C60H75N11O7. The molecule has 0 bridgehead atoms. The summed E-state index contributed by atoms with van der Waals surface area (Å²) in [5.74, 6) is 1.74. The van der Waals surface area contributed by atoms with Crippen LogP contribution in [0, 0.1) is 0 Å². The normalized spacial score (nSPS) is 14.2. The Hall–Kier alpha value is -7.93. The fraction of sp³-hybridized carbons (Fsp3) is 0.383. The number of rotatable bonds is 19. The maximum absolute atomic E-state index is 13.3. The summed E-state index contributed by atoms with van der Waals surface area (Å²) in [4.78, 5) is 73.5. The third kappa shape index (κ3) is 15.4. The highest BCUT2D eigenvalue weighted by Crippen LogP contribution is 2.38. The van der Waals surface area contributed by atoms with E-state index < -0.39 is 11.5 Å². The number of benzene rings is 4. The van der Waals surface area contributed by atoms with Crippen LogP contribution in [-0.4, -0.2) is 153 Å². The van der Waals surface area contributed by atoms with Crippen molar-refractivity contribution in [3.05, 3.63) is 126 Å². The molecule has 18 nitrogen and oxygen atoms in total. The van der Waals surface area contributed by atoms with Gasteiger partial charge in [0.1, 0.15) is 17.3 Å². The van der Waals surface area contributed by atoms with Crippen molar-refractivity contribution in [2.24, 2.45) is 0 Å². The van der Waals surface area contributed by atoms with Crippen LogP contribution in [0.4, 0.5) is 27.9 Å². The van der Waals surface area contributed by atoms with Gasteiger partial charge in [-0.25, -0.2) is 19.6 Å². The minimum absolute atomic E-state index is 0.0192. The molecule has 1 fully saturated rings. The Labute approximate surface area is 458 Å². The second-order valence-electron chi connectivity index (χ2n) is 20.4. The van der Waals surface area contributed by atoms with Gasteiger partial charge in [0.2, 0.25) is 11.9 Å². The van der Waals surface area contributed by atoms with E-state index in [1.165, 1.54) is 7.11 Å². The number of piperazine rings is 1. The van der Waals surface area contributed by atoms with E-state index in [2.05, 4.69) is 66.8 Å². The first-order valence-corrected chi connectivity index (χ1v) is 26.5. The van der Waals surface area contributed by atoms with Gasteiger partial charge in [-0.1, -0.05) is 50.2 Å². The summed E-state index contributed by atoms with van der Waals surface area (Å²) in [7, 11) is 8.44. The summed E-state index contributed by atoms with van der Waals surface area (Å²) < 4.78 is 15.8. The number of ether oxygens (including phenoxy) is 3. The summed E-state index contributed by atoms with van der Waals surface area (Å²) >= 11 is 0. The summed E-state index contributed by atoms with van der Waals surface area (Å²) in [6.07, 6.45) is 4.08. The fourth-order valence-corrected chi connectivity index (χ4v) is 9.16. The van der Waals surface area contributed by atoms with Gasteiger partial charge in [-0.15, -0.1) is 0 Å². The number of anilines is 4. The van der Waals surface area contributed by atoms with Crippen molar-refractivity contribution in [2.45, 2.75) is 59.4 Å². The number of unbranched alkanes of at least 4 members (excludes halogenated alkanes) is 1. The third-order valence-electron chi connectivity index (χ3n) is 13.6. The van der Waals surface area contributed by atoms with Crippen LogP contribution in [0.15, 0.2) is 103 Å². The molecule has 412 valence electrons. The zero-order valence-electron chi connectivity index (χ0n) is 46.8. The van der Waals surface area contributed by atoms with Crippen molar-refractivity contribution in [1.82, 2.24) is 35.0 Å². The van der Waals surface area contributed by atoms with Crippen molar-refractivity contribution in [3.63, 3.8) is 0 Å². The Morgan fingerprint density at radius 3 is 2.10 bits per heavy atom. The zero-order valence-corrected chi connectivity index (χ0v) is 46.8. The maximum atomic E-state index is 13.3. The average molecular weight is 1060 g/mol. The lowest BCUT2D eigenvalue weighted by molar-refractivity contribution is -0.119. The van der Waals surface area contributed by atoms with Crippen LogP contribution in [0.25, 0.3) is 33.4 Å². The molecule has 3 heterocycles. The van der Waals surface area contributed by atoms with E-state index in [1.54, 1.807) is 50.6 Å². The van der Waals surface area contributed by atoms with Crippen LogP contribution in [0.2, 0.25) is 0 Å². The number of aromatic nitrogens is 3. The van der Waals surface area contributed by atoms with Gasteiger partial charge in [0.15, 0.2) is 11.4 Å². The molecule has 6 aromatic rings. The largest absolute Gasteiger partial charge is 0.497 e. The van der Waals surface area contributed by atoms with Crippen molar-refractivity contribution in [3.8, 4) is 22.6 Å². The molecule has 1 aliphatic heterocycles. The minimum atomic E-state index is -0.429. The van der Waals surface area contributed by atoms with Crippen LogP contribution in [0.5, 0.6) is 11.5 Å². The van der Waals surface area contributed by atoms with Crippen LogP contribution in [-0.2, 0) is 20.7 Å². The van der Waals surface area contributed by atoms with Gasteiger partial charge in [0.05, 0.1) is 39.1 Å². The number of urea groups is 1. The minimum Gasteiger partial charge on any atom is -0.497 e. The Morgan fingerprint density at radius 1 is 0.769 bits per heavy atom. The number of Topliss-reactive ketones (excluding diaryl/α,β-unsaturated/α-hetero) is 1. The van der Waals surface area contributed by atoms with Crippen LogP contribution in [0.1, 0.15) is 74.5 Å². The number of ketones is 1. The molecule has 8 rings (SSSR count). The number of amides is 3. The molecule has 0 spiro atoms. The highest BCUT2D eigenvalue weighted by Gasteiger charge is 2.30. The first-order valence-electron chi connectivity index (χ1n) is 26.5. The van der Waals surface area contributed by atoms with E-state index in [0.29, 0.717) is 57.9 Å². The van der Waals surface area contributed by atoms with E-state index >= 15 is 0 Å². The topological polar surface area (TPSA) is 196 Å². The van der Waals surface area contributed by atoms with E-state index in [-0.39, 0.29) is 24.1 Å². The third-order valence-corrected chi connectivity index (χ3v) is 13.6. The number of pyridine rings is 1. The average Bonchev–Trinajstić information content (AvgIpc) is 3.87. The monoisotopic (exact) mass is 1060 g/mol. The molecule has 2 aliphatic rings. The summed E-state index contributed by atoms with van der Waals surface area (Å²) in [6, 6.07) is 29.7. The highest BCUT2D eigenvalue weighted by atomic mass is 16.5. The summed E-state index contributed by atoms with van der Waals surface area (Å²) in [5, 5.41) is 13.3. The molecule has 18 heteroatoms. The van der Waals surface area contributed by atoms with Crippen molar-refractivity contribution < 1.29 is 33.4 Å². The predicted octanol–water partition coefficient (Wildman–Crippen LogP) is 8.95. The van der Waals surface area contributed by atoms with Gasteiger partial charge in [-0.05, 0) is 137 Å². The molecular weight excluding hydrogens is 987 g/mol. The van der Waals surface area contributed by atoms with Crippen LogP contribution in [0.3, 0.4) is 0 Å². The first kappa shape index (κ1) is 57.8. The van der Waals surface area contributed by atoms with Gasteiger partial charge in [0.25, 0.3) is 0 Å². The Kier molecular flexibility index (Phi) is 19.9. The van der Waals surface area contributed by atoms with Gasteiger partial charge in [0, 0.05) is 91.9 Å². The number of esters is 1. The summed E-state index contributed by atoms with van der Waals surface area (Å²) in [6.45, 7) is 18.2. The number of carbonyl (C=O) groups is 4. The number of fused-ring (bicyclic) bond motifs is 2. The quantitative estimate of drug-likeness (QED) is 0.0341. The number of hydrogen-bond donors (Lipinski definition) is 4. The second kappa shape index (κ2) is 26.9. The predicted molar refractivity (Wildman–Crippen MR) is 310 cm³/mol. The molecule has 4 aromatic carbocycles. The fourth-order valence-electron chi connectivity index (χ4n) is 9.16. The number of nitrogens with zero attached hydrogens (tertiary/aromatic N) is 7. The Bertz CT molecular complexity index is 3050. The smallest absolute Gasteiger partial charge is 0.337 e. The molecule has 1 aliphatic carbocycles. The van der Waals surface area contributed by atoms with Gasteiger partial charge < -0.3 is 44.9 Å². The molecule has 0 radical (unpaired) electrons. The zero-order chi connectivity index (χ0) is 55.9. The number of methoxy groups -OCH3 is 3. The number of allylic oxidation sites excluding steroid dienone is 1. The number of nitrogens with one attached hydrogen (secondary N) is 4. The molecule has 0 unspecified atom stereocenters. The number of carbonyl (C=O) groups excluding carboxylic acids is 4. The van der Waals surface area contributed by atoms with Crippen molar-refractivity contribution in [1.29, 1.82) is 0 Å². The highest BCUT2D eigenvalue weighted by molar-refractivity contribution is 6.32. The second-order valence-corrected chi connectivity index (χ2v) is 20.4. The van der Waals surface area contributed by atoms with Crippen molar-refractivity contribution >= 4 is 69.1 Å². The van der Waals surface area contributed by atoms with Crippen LogP contribution >= 0.6 is 0 Å². The van der Waals surface area contributed by atoms with E-state index in [1.807, 2.05) is 99.6 Å². The molecule has 4 N–H and O–H groups in total. The SMILES string of the molecule is CCN(CC)CCCCNc1ncc2cc(-c3cc(OC)cc(OC)c3)c(NC(=O)NC(C)(C)C)nc2n1.COC(=O)c1ccc2c(c1)CC(=O)/C2=C(\Nc1ccc(N(C)C(=O)CN2CCN(C)CC2)cc1)c1ccccc1. The Morgan fingerprint density at radius 2 is 1.46 bits per heavy atom. The van der Waals surface area contributed by atoms with E-state index in [9.17, 15) is 19.2 Å². The van der Waals surface area contributed by atoms with Crippen LogP contribution < -0.4 is 35.6 Å². The number of hydrogen-bond acceptors (Lipinski definition) is 15. The molecule has 0 saturated carbocycles. The van der Waals surface area contributed by atoms with E-state index in [0.717, 1.165) is 104 Å². The Balaban J connectivity index is 0.000000227. The van der Waals surface area contributed by atoms with Gasteiger partial charge in [-0.3, -0.25) is 19.8 Å². The molecule has 78 heavy (non-hydrogen) atoms. The maximum Gasteiger partial charge on any atom is 0.337 e. The standard InChI is InChI=1S/C32H34N4O4.C28H41N7O3/c1-34-15-17-36(18-16-34)21-29(38)35(2)26-12-10-25(11-13-26)33-31(22-7-5-4-6-8-22)30-27-14-9-23(32(39)40-3)19-24(27)20-28(30)37;1-8-35(9-2)13-11-10-12-29-26-30-18-20-16-23(19-14-21(37-6)17-22(15-19)38-7)25(31-24(20)32-26)33-27(36)34-28(3,4)5/h4-14,19,33H,15-18,20-21H2,1-3H3;14-18H,8-13H2,1-7H3,(H3,29,30,31,32,33,34,36)/b31-30-;. The van der Waals surface area contributed by atoms with Gasteiger partial charge in [-0.2, -0.15) is 4.98 Å². The molecule has 2 aromatic heterocycles. The van der Waals surface area contributed by atoms with Crippen molar-refractivity contribution in [2.75, 3.05) is 115 Å². The van der Waals surface area contributed by atoms with E-state index in [4.69, 9.17) is 19.2 Å². The van der Waals surface area contributed by atoms with Gasteiger partial charge >= 0.3 is 12.0 Å². The first-order chi connectivity index (χ1) is 37.5. The number of likely N-dealkylation sites (N-methyl/N-ethyl adjacent to an activating group) is 2. The molecule has 3 amide bonds. The molecule has 1 saturated heterocycles. The lowest BCUT2D eigenvalue weighted by Gasteiger charge is -2.32. The lowest BCUT2D eigenvalue weighted by atomic mass is 9.99. The molecule has 0 atom stereocenters. The summed E-state index contributed by atoms with van der Waals surface area (Å²) in [5.41, 5.74) is 7.31.